The number of halogens is 5. The SMILES string of the molecule is Nc1cc(C(F)(F)F)ccc1NC(=O)N1C=COC1Cc1c(Cl)cccc1Cl. The number of nitrogen functional groups attached to an aromatic ring is 1. The lowest BCUT2D eigenvalue weighted by Crippen LogP contribution is -2.38. The summed E-state index contributed by atoms with van der Waals surface area (Å²) in [6.45, 7) is 0. The summed E-state index contributed by atoms with van der Waals surface area (Å²) in [5.74, 6) is 0. The fraction of sp³-hybridized carbons (Fsp3) is 0.167. The lowest BCUT2D eigenvalue weighted by molar-refractivity contribution is -0.137. The Morgan fingerprint density at radius 2 is 1.89 bits per heavy atom. The first-order valence-corrected chi connectivity index (χ1v) is 8.73. The van der Waals surface area contributed by atoms with Gasteiger partial charge in [0.05, 0.1) is 16.9 Å². The van der Waals surface area contributed by atoms with E-state index >= 15 is 0 Å². The van der Waals surface area contributed by atoms with Gasteiger partial charge in [0.15, 0.2) is 6.23 Å². The molecule has 5 nitrogen and oxygen atoms in total. The number of carbonyl (C=O) groups is 1. The van der Waals surface area contributed by atoms with Crippen LogP contribution < -0.4 is 11.1 Å². The van der Waals surface area contributed by atoms with Crippen LogP contribution in [0.15, 0.2) is 48.9 Å². The van der Waals surface area contributed by atoms with Gasteiger partial charge in [0.25, 0.3) is 0 Å². The fourth-order valence-corrected chi connectivity index (χ4v) is 3.18. The third-order valence-electron chi connectivity index (χ3n) is 4.06. The molecular formula is C18H14Cl2F3N3O2. The van der Waals surface area contributed by atoms with Crippen molar-refractivity contribution in [3.8, 4) is 0 Å². The predicted octanol–water partition coefficient (Wildman–Crippen LogP) is 5.50. The van der Waals surface area contributed by atoms with E-state index in [0.717, 1.165) is 18.2 Å². The van der Waals surface area contributed by atoms with E-state index in [1.165, 1.54) is 17.4 Å². The van der Waals surface area contributed by atoms with Gasteiger partial charge in [0.1, 0.15) is 6.26 Å². The molecule has 1 atom stereocenters. The zero-order valence-corrected chi connectivity index (χ0v) is 15.6. The van der Waals surface area contributed by atoms with Crippen LogP contribution in [0.1, 0.15) is 11.1 Å². The highest BCUT2D eigenvalue weighted by atomic mass is 35.5. The molecule has 1 heterocycles. The van der Waals surface area contributed by atoms with E-state index in [0.29, 0.717) is 15.6 Å². The van der Waals surface area contributed by atoms with E-state index in [1.54, 1.807) is 18.2 Å². The number of nitrogens with zero attached hydrogens (tertiary/aromatic N) is 1. The summed E-state index contributed by atoms with van der Waals surface area (Å²) in [6, 6.07) is 7.08. The molecule has 3 rings (SSSR count). The summed E-state index contributed by atoms with van der Waals surface area (Å²) in [7, 11) is 0. The largest absolute Gasteiger partial charge is 0.476 e. The number of rotatable bonds is 3. The number of amides is 2. The molecule has 0 aromatic heterocycles. The molecule has 28 heavy (non-hydrogen) atoms. The van der Waals surface area contributed by atoms with Crippen molar-refractivity contribution < 1.29 is 22.7 Å². The molecule has 148 valence electrons. The summed E-state index contributed by atoms with van der Waals surface area (Å²) in [6.07, 6.45) is -2.33. The molecule has 1 aliphatic rings. The molecule has 0 saturated heterocycles. The average Bonchev–Trinajstić information content (AvgIpc) is 3.07. The van der Waals surface area contributed by atoms with Crippen LogP contribution in [0, 0.1) is 0 Å². The topological polar surface area (TPSA) is 67.6 Å². The minimum atomic E-state index is -4.53. The van der Waals surface area contributed by atoms with Gasteiger partial charge in [-0.2, -0.15) is 13.2 Å². The number of hydrogen-bond donors (Lipinski definition) is 2. The molecule has 2 aromatic carbocycles. The van der Waals surface area contributed by atoms with Crippen LogP contribution in [0.3, 0.4) is 0 Å². The quantitative estimate of drug-likeness (QED) is 0.630. The maximum atomic E-state index is 12.7. The van der Waals surface area contributed by atoms with Crippen molar-refractivity contribution in [3.05, 3.63) is 70.0 Å². The summed E-state index contributed by atoms with van der Waals surface area (Å²) in [5.41, 5.74) is 5.18. The molecule has 1 aliphatic heterocycles. The Balaban J connectivity index is 1.74. The summed E-state index contributed by atoms with van der Waals surface area (Å²) in [5, 5.41) is 3.33. The Hall–Kier alpha value is -2.58. The molecule has 10 heteroatoms. The molecule has 0 spiro atoms. The minimum Gasteiger partial charge on any atom is -0.476 e. The Labute approximate surface area is 168 Å². The van der Waals surface area contributed by atoms with Crippen molar-refractivity contribution >= 4 is 40.6 Å². The zero-order valence-electron chi connectivity index (χ0n) is 14.1. The molecule has 3 N–H and O–H groups in total. The summed E-state index contributed by atoms with van der Waals surface area (Å²) >= 11 is 12.3. The van der Waals surface area contributed by atoms with Gasteiger partial charge in [-0.3, -0.25) is 4.90 Å². The highest BCUT2D eigenvalue weighted by Crippen LogP contribution is 2.33. The van der Waals surface area contributed by atoms with Crippen LogP contribution in [0.25, 0.3) is 0 Å². The number of nitrogens with one attached hydrogen (secondary N) is 1. The Morgan fingerprint density at radius 1 is 1.21 bits per heavy atom. The number of alkyl halides is 3. The maximum absolute atomic E-state index is 12.7. The lowest BCUT2D eigenvalue weighted by atomic mass is 10.1. The number of urea groups is 1. The zero-order chi connectivity index (χ0) is 20.5. The van der Waals surface area contributed by atoms with Crippen molar-refractivity contribution in [2.45, 2.75) is 18.8 Å². The number of anilines is 2. The number of carbonyl (C=O) groups excluding carboxylic acids is 1. The number of benzene rings is 2. The van der Waals surface area contributed by atoms with Gasteiger partial charge < -0.3 is 15.8 Å². The first-order valence-electron chi connectivity index (χ1n) is 7.98. The van der Waals surface area contributed by atoms with E-state index in [1.807, 2.05) is 0 Å². The van der Waals surface area contributed by atoms with Gasteiger partial charge in [0, 0.05) is 22.7 Å². The minimum absolute atomic E-state index is 0.0489. The molecule has 0 aliphatic carbocycles. The first kappa shape index (κ1) is 20.2. The van der Waals surface area contributed by atoms with E-state index in [-0.39, 0.29) is 17.8 Å². The van der Waals surface area contributed by atoms with Crippen LogP contribution in [0.2, 0.25) is 10.0 Å². The molecule has 0 fully saturated rings. The van der Waals surface area contributed by atoms with Crippen LogP contribution in [-0.4, -0.2) is 17.2 Å². The van der Waals surface area contributed by atoms with E-state index in [4.69, 9.17) is 33.7 Å². The Bertz CT molecular complexity index is 915. The third kappa shape index (κ3) is 4.28. The lowest BCUT2D eigenvalue weighted by Gasteiger charge is -2.24. The van der Waals surface area contributed by atoms with Gasteiger partial charge in [-0.05, 0) is 35.9 Å². The third-order valence-corrected chi connectivity index (χ3v) is 4.77. The second kappa shape index (κ2) is 7.81. The van der Waals surface area contributed by atoms with Gasteiger partial charge in [-0.1, -0.05) is 29.3 Å². The molecular weight excluding hydrogens is 418 g/mol. The van der Waals surface area contributed by atoms with Crippen LogP contribution >= 0.6 is 23.2 Å². The van der Waals surface area contributed by atoms with Crippen molar-refractivity contribution in [2.75, 3.05) is 11.1 Å². The monoisotopic (exact) mass is 431 g/mol. The van der Waals surface area contributed by atoms with Gasteiger partial charge in [-0.25, -0.2) is 4.79 Å². The molecule has 2 aromatic rings. The van der Waals surface area contributed by atoms with E-state index in [2.05, 4.69) is 5.32 Å². The highest BCUT2D eigenvalue weighted by Gasteiger charge is 2.32. The molecule has 0 bridgehead atoms. The van der Waals surface area contributed by atoms with Gasteiger partial charge >= 0.3 is 12.2 Å². The highest BCUT2D eigenvalue weighted by molar-refractivity contribution is 6.36. The fourth-order valence-electron chi connectivity index (χ4n) is 2.63. The van der Waals surface area contributed by atoms with Crippen molar-refractivity contribution in [1.82, 2.24) is 4.90 Å². The van der Waals surface area contributed by atoms with E-state index < -0.39 is 24.0 Å². The number of hydrogen-bond acceptors (Lipinski definition) is 3. The second-order valence-electron chi connectivity index (χ2n) is 5.92. The molecule has 0 radical (unpaired) electrons. The van der Waals surface area contributed by atoms with E-state index in [9.17, 15) is 18.0 Å². The standard InChI is InChI=1S/C18H14Cl2F3N3O2/c19-12-2-1-3-13(20)11(12)9-16-26(6-7-28-16)17(27)25-15-5-4-10(8-14(15)24)18(21,22)23/h1-8,16H,9,24H2,(H,25,27). The smallest absolute Gasteiger partial charge is 0.416 e. The number of nitrogens with two attached hydrogens (primary N) is 1. The van der Waals surface area contributed by atoms with Crippen molar-refractivity contribution in [1.29, 1.82) is 0 Å². The van der Waals surface area contributed by atoms with Crippen molar-refractivity contribution in [3.63, 3.8) is 0 Å². The first-order chi connectivity index (χ1) is 13.2. The predicted molar refractivity (Wildman–Crippen MR) is 101 cm³/mol. The van der Waals surface area contributed by atoms with Crippen LogP contribution in [0.5, 0.6) is 0 Å². The number of ether oxygens (including phenoxy) is 1. The van der Waals surface area contributed by atoms with Crippen LogP contribution in [0.4, 0.5) is 29.3 Å². The molecule has 1 unspecified atom stereocenters. The second-order valence-corrected chi connectivity index (χ2v) is 6.73. The summed E-state index contributed by atoms with van der Waals surface area (Å²) in [4.78, 5) is 13.8. The van der Waals surface area contributed by atoms with Gasteiger partial charge in [-0.15, -0.1) is 0 Å². The van der Waals surface area contributed by atoms with Gasteiger partial charge in [0.2, 0.25) is 0 Å². The summed E-state index contributed by atoms with van der Waals surface area (Å²) < 4.78 is 43.6. The molecule has 0 saturated carbocycles. The maximum Gasteiger partial charge on any atom is 0.416 e. The Morgan fingerprint density at radius 3 is 2.50 bits per heavy atom. The molecule has 2 amide bonds. The average molecular weight is 432 g/mol. The van der Waals surface area contributed by atoms with Crippen molar-refractivity contribution in [2.24, 2.45) is 0 Å². The Kier molecular flexibility index (Phi) is 5.62. The van der Waals surface area contributed by atoms with Crippen LogP contribution in [-0.2, 0) is 17.3 Å². The normalized spacial score (nSPS) is 16.2.